The van der Waals surface area contributed by atoms with Crippen LogP contribution in [-0.2, 0) is 26.2 Å². The Morgan fingerprint density at radius 3 is 2.32 bits per heavy atom. The van der Waals surface area contributed by atoms with Gasteiger partial charge in [0.2, 0.25) is 0 Å². The minimum absolute atomic E-state index is 0. The summed E-state index contributed by atoms with van der Waals surface area (Å²) < 4.78 is 0. The minimum Gasteiger partial charge on any atom is -1.00 e. The molecule has 0 nitrogen and oxygen atoms in total. The predicted octanol–water partition coefficient (Wildman–Crippen LogP) is -1.11. The second-order valence-electron chi connectivity index (χ2n) is 4.38. The summed E-state index contributed by atoms with van der Waals surface area (Å²) in [5, 5.41) is 0. The number of hydrogen-bond acceptors (Lipinski definition) is 0. The van der Waals surface area contributed by atoms with E-state index in [1.54, 1.807) is 0 Å². The van der Waals surface area contributed by atoms with E-state index in [1.165, 1.54) is 36.0 Å². The fourth-order valence-electron chi connectivity index (χ4n) is 1.71. The van der Waals surface area contributed by atoms with Crippen LogP contribution in [0.1, 0.15) is 43.7 Å². The van der Waals surface area contributed by atoms with Gasteiger partial charge in [-0.05, 0) is 0 Å². The summed E-state index contributed by atoms with van der Waals surface area (Å²) in [6.07, 6.45) is 12.5. The van der Waals surface area contributed by atoms with E-state index in [0.29, 0.717) is 0 Å². The van der Waals surface area contributed by atoms with E-state index in [-0.39, 0.29) is 51.0 Å². The molecule has 0 bridgehead atoms. The molecule has 0 fully saturated rings. The van der Waals surface area contributed by atoms with Crippen LogP contribution in [-0.4, -0.2) is 0 Å². The van der Waals surface area contributed by atoms with Crippen LogP contribution in [0, 0.1) is 19.9 Å². The third kappa shape index (κ3) is 11.8. The molecule has 0 aromatic heterocycles. The van der Waals surface area contributed by atoms with Crippen molar-refractivity contribution < 1.29 is 51.0 Å². The van der Waals surface area contributed by atoms with Crippen LogP contribution in [0.5, 0.6) is 0 Å². The van der Waals surface area contributed by atoms with Crippen molar-refractivity contribution in [3.63, 3.8) is 0 Å². The van der Waals surface area contributed by atoms with E-state index in [4.69, 9.17) is 0 Å². The molecule has 104 valence electrons. The largest absolute Gasteiger partial charge is 4.00 e. The third-order valence-electron chi connectivity index (χ3n) is 2.63. The van der Waals surface area contributed by atoms with E-state index >= 15 is 0 Å². The average molecular weight is 376 g/mol. The molecule has 0 saturated carbocycles. The Morgan fingerprint density at radius 1 is 1.32 bits per heavy atom. The van der Waals surface area contributed by atoms with Gasteiger partial charge in [0, 0.05) is 0 Å². The Balaban J connectivity index is -0.000000237. The van der Waals surface area contributed by atoms with Gasteiger partial charge in [0.15, 0.2) is 0 Å². The smallest absolute Gasteiger partial charge is 1.00 e. The number of aryl methyl sites for hydroxylation is 2. The van der Waals surface area contributed by atoms with Gasteiger partial charge >= 0.3 is 26.2 Å². The number of halogens is 2. The molecule has 0 atom stereocenters. The predicted molar refractivity (Wildman–Crippen MR) is 71.5 cm³/mol. The fourth-order valence-corrected chi connectivity index (χ4v) is 1.71. The molecule has 0 radical (unpaired) electrons. The summed E-state index contributed by atoms with van der Waals surface area (Å²) in [7, 11) is 0. The maximum atomic E-state index is 3.30. The number of unbranched alkanes of at least 4 members (excludes halogenated alkanes) is 1. The Kier molecular flexibility index (Phi) is 18.8. The Labute approximate surface area is 150 Å². The van der Waals surface area contributed by atoms with Crippen molar-refractivity contribution in [3.8, 4) is 0 Å². The van der Waals surface area contributed by atoms with Crippen molar-refractivity contribution in [1.82, 2.24) is 0 Å². The molecule has 0 spiro atoms. The van der Waals surface area contributed by atoms with Gasteiger partial charge in [-0.2, -0.15) is 23.8 Å². The Hall–Kier alpha value is 0.293. The molecule has 0 unspecified atom stereocenters. The van der Waals surface area contributed by atoms with Gasteiger partial charge in [0.1, 0.15) is 0 Å². The van der Waals surface area contributed by atoms with Gasteiger partial charge < -0.3 is 24.8 Å². The van der Waals surface area contributed by atoms with Crippen LogP contribution in [0.25, 0.3) is 0 Å². The van der Waals surface area contributed by atoms with Crippen molar-refractivity contribution in [2.24, 2.45) is 0 Å². The van der Waals surface area contributed by atoms with Crippen LogP contribution in [0.15, 0.2) is 35.9 Å². The van der Waals surface area contributed by atoms with Crippen LogP contribution < -0.4 is 24.8 Å². The zero-order valence-electron chi connectivity index (χ0n) is 12.0. The summed E-state index contributed by atoms with van der Waals surface area (Å²) >= 11 is 0. The van der Waals surface area contributed by atoms with Gasteiger partial charge in [-0.15, -0.1) is 6.42 Å². The number of rotatable bonds is 3. The SMILES string of the molecule is CCCCC1=[C-]CC=C1.Cc1cc[c-](C)c1.[Cl-].[Cl-].[Zr+4]. The van der Waals surface area contributed by atoms with Gasteiger partial charge in [-0.1, -0.05) is 40.0 Å². The van der Waals surface area contributed by atoms with E-state index < -0.39 is 0 Å². The monoisotopic (exact) mass is 374 g/mol. The van der Waals surface area contributed by atoms with Crippen LogP contribution >= 0.6 is 0 Å². The van der Waals surface area contributed by atoms with Crippen molar-refractivity contribution in [2.75, 3.05) is 0 Å². The van der Waals surface area contributed by atoms with E-state index in [9.17, 15) is 0 Å². The first-order valence-electron chi connectivity index (χ1n) is 6.18. The molecular weight excluding hydrogens is 354 g/mol. The molecule has 1 aliphatic rings. The zero-order chi connectivity index (χ0) is 11.8. The zero-order valence-corrected chi connectivity index (χ0v) is 15.9. The quantitative estimate of drug-likeness (QED) is 0.588. The first-order chi connectivity index (χ1) is 7.72. The maximum absolute atomic E-state index is 3.30. The average Bonchev–Trinajstić information content (AvgIpc) is 2.88. The summed E-state index contributed by atoms with van der Waals surface area (Å²) in [6.45, 7) is 6.43. The first-order valence-corrected chi connectivity index (χ1v) is 6.18. The van der Waals surface area contributed by atoms with Crippen molar-refractivity contribution >= 4 is 0 Å². The molecule has 1 aliphatic carbocycles. The molecule has 1 aromatic carbocycles. The summed E-state index contributed by atoms with van der Waals surface area (Å²) in [4.78, 5) is 0. The van der Waals surface area contributed by atoms with Crippen molar-refractivity contribution in [2.45, 2.75) is 46.5 Å². The molecule has 0 saturated heterocycles. The first kappa shape index (κ1) is 24.3. The standard InChI is InChI=1S/C9H13.C7H9.2ClH.Zr/c1-2-3-6-9-7-4-5-8-9;1-6-3-4-7(2)5-6;;;/h4,7H,2-3,5-6H2,1H3;3-5H,1-2H3;2*1H;/q2*-1;;;+4/p-2. The second kappa shape index (κ2) is 14.7. The number of allylic oxidation sites excluding steroid dienone is 4. The molecule has 0 amide bonds. The molecular formula is C16H22Cl2Zr. The fraction of sp³-hybridized carbons (Fsp3) is 0.438. The van der Waals surface area contributed by atoms with Gasteiger partial charge in [-0.25, -0.2) is 23.3 Å². The Bertz CT molecular complexity index is 348. The molecule has 3 heteroatoms. The van der Waals surface area contributed by atoms with Crippen molar-refractivity contribution in [1.29, 1.82) is 0 Å². The topological polar surface area (TPSA) is 0 Å². The van der Waals surface area contributed by atoms with Crippen molar-refractivity contribution in [3.05, 3.63) is 53.1 Å². The molecule has 1 aromatic rings. The van der Waals surface area contributed by atoms with Gasteiger partial charge in [-0.3, -0.25) is 6.08 Å². The van der Waals surface area contributed by atoms with E-state index in [1.807, 2.05) is 0 Å². The van der Waals surface area contributed by atoms with E-state index in [2.05, 4.69) is 57.2 Å². The molecule has 0 N–H and O–H groups in total. The summed E-state index contributed by atoms with van der Waals surface area (Å²) in [5.74, 6) is 0. The van der Waals surface area contributed by atoms with Crippen LogP contribution in [0.4, 0.5) is 0 Å². The summed E-state index contributed by atoms with van der Waals surface area (Å²) in [5.41, 5.74) is 4.13. The molecule has 0 heterocycles. The van der Waals surface area contributed by atoms with Gasteiger partial charge in [0.05, 0.1) is 0 Å². The maximum Gasteiger partial charge on any atom is 4.00 e. The molecule has 2 rings (SSSR count). The summed E-state index contributed by atoms with van der Waals surface area (Å²) in [6, 6.07) is 6.41. The third-order valence-corrected chi connectivity index (χ3v) is 2.63. The Morgan fingerprint density at radius 2 is 2.00 bits per heavy atom. The normalized spacial score (nSPS) is 11.2. The molecule has 19 heavy (non-hydrogen) atoms. The van der Waals surface area contributed by atoms with Crippen LogP contribution in [0.3, 0.4) is 0 Å². The number of hydrogen-bond donors (Lipinski definition) is 0. The van der Waals surface area contributed by atoms with E-state index in [0.717, 1.165) is 6.42 Å². The van der Waals surface area contributed by atoms with Gasteiger partial charge in [0.25, 0.3) is 0 Å². The van der Waals surface area contributed by atoms with Crippen LogP contribution in [0.2, 0.25) is 0 Å². The second-order valence-corrected chi connectivity index (χ2v) is 4.38. The minimum atomic E-state index is 0. The molecule has 0 aliphatic heterocycles.